The normalized spacial score (nSPS) is 32.8. The van der Waals surface area contributed by atoms with Crippen LogP contribution in [0.5, 0.6) is 0 Å². The van der Waals surface area contributed by atoms with Crippen LogP contribution in [-0.4, -0.2) is 36.9 Å². The highest BCUT2D eigenvalue weighted by molar-refractivity contribution is 9.09. The van der Waals surface area contributed by atoms with Crippen LogP contribution in [0.2, 0.25) is 0 Å². The summed E-state index contributed by atoms with van der Waals surface area (Å²) in [5.74, 6) is 0. The van der Waals surface area contributed by atoms with Crippen LogP contribution in [0.25, 0.3) is 0 Å². The fourth-order valence-electron chi connectivity index (χ4n) is 1.32. The molecule has 0 amide bonds. The largest absolute Gasteiger partial charge is 0.391 e. The molecule has 0 bridgehead atoms. The molecule has 0 aromatic heterocycles. The van der Waals surface area contributed by atoms with Gasteiger partial charge in [0.2, 0.25) is 0 Å². The molecule has 0 radical (unpaired) electrons. The van der Waals surface area contributed by atoms with Gasteiger partial charge in [-0.1, -0.05) is 15.9 Å². The minimum atomic E-state index is -4.14. The Bertz CT molecular complexity index is 186. The molecule has 3 unspecified atom stereocenters. The van der Waals surface area contributed by atoms with Crippen LogP contribution in [0.4, 0.5) is 13.2 Å². The van der Waals surface area contributed by atoms with Crippen LogP contribution in [0.1, 0.15) is 12.8 Å². The van der Waals surface area contributed by atoms with Crippen molar-refractivity contribution in [3.63, 3.8) is 0 Å². The molecule has 0 aromatic carbocycles. The predicted octanol–water partition coefficient (Wildman–Crippen LogP) is 2.51. The van der Waals surface area contributed by atoms with Gasteiger partial charge in [-0.25, -0.2) is 0 Å². The van der Waals surface area contributed by atoms with Gasteiger partial charge in [0.05, 0.1) is 25.2 Å². The van der Waals surface area contributed by atoms with Crippen LogP contribution in [-0.2, 0) is 9.47 Å². The average Bonchev–Trinajstić information content (AvgIpc) is 2.01. The molecule has 1 aliphatic carbocycles. The molecule has 0 spiro atoms. The zero-order valence-corrected chi connectivity index (χ0v) is 9.27. The molecule has 0 aliphatic heterocycles. The van der Waals surface area contributed by atoms with Crippen molar-refractivity contribution in [2.45, 2.75) is 36.1 Å². The number of hydrogen-bond acceptors (Lipinski definition) is 2. The van der Waals surface area contributed by atoms with Gasteiger partial charge in [-0.05, 0) is 6.42 Å². The first-order valence-electron chi connectivity index (χ1n) is 4.29. The molecule has 0 heterocycles. The maximum Gasteiger partial charge on any atom is 0.391 e. The van der Waals surface area contributed by atoms with E-state index in [2.05, 4.69) is 15.9 Å². The van der Waals surface area contributed by atoms with Gasteiger partial charge in [-0.3, -0.25) is 0 Å². The summed E-state index contributed by atoms with van der Waals surface area (Å²) in [7, 11) is 1.53. The van der Waals surface area contributed by atoms with E-state index >= 15 is 0 Å². The van der Waals surface area contributed by atoms with E-state index in [0.717, 1.165) is 0 Å². The summed E-state index contributed by atoms with van der Waals surface area (Å²) < 4.78 is 45.4. The van der Waals surface area contributed by atoms with Gasteiger partial charge in [0, 0.05) is 11.9 Å². The second-order valence-corrected chi connectivity index (χ2v) is 4.40. The molecule has 14 heavy (non-hydrogen) atoms. The third kappa shape index (κ3) is 3.40. The number of ether oxygens (including phenoxy) is 2. The van der Waals surface area contributed by atoms with Crippen molar-refractivity contribution in [2.24, 2.45) is 0 Å². The molecule has 0 N–H and O–H groups in total. The summed E-state index contributed by atoms with van der Waals surface area (Å²) in [6.07, 6.45) is -4.65. The molecule has 84 valence electrons. The van der Waals surface area contributed by atoms with Crippen LogP contribution in [0, 0.1) is 0 Å². The summed E-state index contributed by atoms with van der Waals surface area (Å²) >= 11 is 3.33. The van der Waals surface area contributed by atoms with Crippen molar-refractivity contribution < 1.29 is 22.6 Å². The van der Waals surface area contributed by atoms with Crippen molar-refractivity contribution in [2.75, 3.05) is 13.7 Å². The Morgan fingerprint density at radius 1 is 1.43 bits per heavy atom. The lowest BCUT2D eigenvalue weighted by Crippen LogP contribution is -2.50. The Balaban J connectivity index is 2.14. The molecule has 3 atom stereocenters. The van der Waals surface area contributed by atoms with Gasteiger partial charge < -0.3 is 9.47 Å². The van der Waals surface area contributed by atoms with E-state index in [9.17, 15) is 13.2 Å². The second kappa shape index (κ2) is 4.81. The van der Waals surface area contributed by atoms with Crippen LogP contribution >= 0.6 is 15.9 Å². The SMILES string of the molecule is COC1C(Br)CC1OCCC(F)(F)F. The molecule has 6 heteroatoms. The second-order valence-electron chi connectivity index (χ2n) is 3.23. The molecule has 2 nitrogen and oxygen atoms in total. The third-order valence-electron chi connectivity index (χ3n) is 2.17. The van der Waals surface area contributed by atoms with Crippen LogP contribution in [0.15, 0.2) is 0 Å². The Morgan fingerprint density at radius 3 is 2.50 bits per heavy atom. The van der Waals surface area contributed by atoms with E-state index in [4.69, 9.17) is 9.47 Å². The van der Waals surface area contributed by atoms with Crippen molar-refractivity contribution in [3.8, 4) is 0 Å². The number of methoxy groups -OCH3 is 1. The first-order chi connectivity index (χ1) is 6.44. The molecule has 1 saturated carbocycles. The Hall–Kier alpha value is 0.190. The predicted molar refractivity (Wildman–Crippen MR) is 48.5 cm³/mol. The van der Waals surface area contributed by atoms with Gasteiger partial charge in [0.25, 0.3) is 0 Å². The Labute approximate surface area is 88.9 Å². The summed E-state index contributed by atoms with van der Waals surface area (Å²) in [4.78, 5) is 0.198. The quantitative estimate of drug-likeness (QED) is 0.735. The van der Waals surface area contributed by atoms with Gasteiger partial charge in [0.1, 0.15) is 0 Å². The third-order valence-corrected chi connectivity index (χ3v) is 3.06. The zero-order valence-electron chi connectivity index (χ0n) is 7.68. The van der Waals surface area contributed by atoms with E-state index in [1.54, 1.807) is 0 Å². The first-order valence-corrected chi connectivity index (χ1v) is 5.21. The number of rotatable bonds is 4. The zero-order chi connectivity index (χ0) is 10.8. The lowest BCUT2D eigenvalue weighted by molar-refractivity contribution is -0.165. The maximum absolute atomic E-state index is 11.8. The molecule has 1 fully saturated rings. The standard InChI is InChI=1S/C8H12BrF3O2/c1-13-7-5(9)4-6(7)14-3-2-8(10,11)12/h5-7H,2-4H2,1H3. The molecule has 0 saturated heterocycles. The molecule has 1 rings (SSSR count). The van der Waals surface area contributed by atoms with E-state index in [0.29, 0.717) is 6.42 Å². The minimum absolute atomic E-state index is 0.122. The molecular formula is C8H12BrF3O2. The van der Waals surface area contributed by atoms with Gasteiger partial charge in [-0.2, -0.15) is 13.2 Å². The molecular weight excluding hydrogens is 265 g/mol. The van der Waals surface area contributed by atoms with E-state index in [1.165, 1.54) is 7.11 Å². The van der Waals surface area contributed by atoms with Gasteiger partial charge in [0.15, 0.2) is 0 Å². The maximum atomic E-state index is 11.8. The van der Waals surface area contributed by atoms with Gasteiger partial charge in [-0.15, -0.1) is 0 Å². The monoisotopic (exact) mass is 276 g/mol. The Morgan fingerprint density at radius 2 is 2.07 bits per heavy atom. The first kappa shape index (κ1) is 12.3. The highest BCUT2D eigenvalue weighted by atomic mass is 79.9. The van der Waals surface area contributed by atoms with Crippen molar-refractivity contribution in [1.29, 1.82) is 0 Å². The number of hydrogen-bond donors (Lipinski definition) is 0. The molecule has 0 aromatic rings. The van der Waals surface area contributed by atoms with Crippen LogP contribution < -0.4 is 0 Å². The summed E-state index contributed by atoms with van der Waals surface area (Å²) in [6.45, 7) is -0.284. The van der Waals surface area contributed by atoms with Crippen molar-refractivity contribution in [1.82, 2.24) is 0 Å². The summed E-state index contributed by atoms with van der Waals surface area (Å²) in [5, 5.41) is 0. The van der Waals surface area contributed by atoms with E-state index < -0.39 is 12.6 Å². The van der Waals surface area contributed by atoms with E-state index in [1.807, 2.05) is 0 Å². The fourth-order valence-corrected chi connectivity index (χ4v) is 2.24. The van der Waals surface area contributed by atoms with Gasteiger partial charge >= 0.3 is 6.18 Å². The minimum Gasteiger partial charge on any atom is -0.378 e. The number of halogens is 4. The van der Waals surface area contributed by atoms with E-state index in [-0.39, 0.29) is 23.6 Å². The Kier molecular flexibility index (Phi) is 4.21. The smallest absolute Gasteiger partial charge is 0.378 e. The fraction of sp³-hybridized carbons (Fsp3) is 1.00. The summed E-state index contributed by atoms with van der Waals surface area (Å²) in [5.41, 5.74) is 0. The highest BCUT2D eigenvalue weighted by Crippen LogP contribution is 2.33. The van der Waals surface area contributed by atoms with Crippen LogP contribution in [0.3, 0.4) is 0 Å². The lowest BCUT2D eigenvalue weighted by atomic mass is 9.91. The van der Waals surface area contributed by atoms with Crippen molar-refractivity contribution in [3.05, 3.63) is 0 Å². The lowest BCUT2D eigenvalue weighted by Gasteiger charge is -2.40. The highest BCUT2D eigenvalue weighted by Gasteiger charge is 2.41. The molecule has 1 aliphatic rings. The topological polar surface area (TPSA) is 18.5 Å². The summed E-state index contributed by atoms with van der Waals surface area (Å²) in [6, 6.07) is 0. The average molecular weight is 277 g/mol. The van der Waals surface area contributed by atoms with Crippen molar-refractivity contribution >= 4 is 15.9 Å². The number of alkyl halides is 4.